The second kappa shape index (κ2) is 8.76. The average molecular weight is 443 g/mol. The molecule has 0 aliphatic carbocycles. The standard InChI is InChI=1S/C16H27O14/c17-1-6-8(21)13(11(24)16-29-30(6)16)28-15-10(23)12(5(19)3-26-15)27-14-9(22)7(20)4(18)2-25-14/h4-24H,1-3H2/q+1/t4-,5-,6-,7+,8-,9-,10-,11-,12+,13+,14-,15-,16-/m1/s1. The smallest absolute Gasteiger partial charge is 0.388 e. The van der Waals surface area contributed by atoms with Gasteiger partial charge in [-0.25, -0.2) is 0 Å². The summed E-state index contributed by atoms with van der Waals surface area (Å²) in [5, 5.41) is 80.0. The van der Waals surface area contributed by atoms with Crippen LogP contribution in [0.25, 0.3) is 0 Å². The van der Waals surface area contributed by atoms with Crippen molar-refractivity contribution < 1.29 is 69.2 Å². The van der Waals surface area contributed by atoms with Crippen molar-refractivity contribution in [2.45, 2.75) is 79.9 Å². The molecule has 4 aliphatic heterocycles. The van der Waals surface area contributed by atoms with E-state index in [0.29, 0.717) is 0 Å². The van der Waals surface area contributed by atoms with Gasteiger partial charge in [0.1, 0.15) is 49.3 Å². The molecule has 0 aromatic heterocycles. The minimum Gasteiger partial charge on any atom is -0.388 e. The van der Waals surface area contributed by atoms with Gasteiger partial charge in [-0.15, -0.1) is 0 Å². The van der Waals surface area contributed by atoms with Crippen molar-refractivity contribution in [2.24, 2.45) is 0 Å². The highest BCUT2D eigenvalue weighted by molar-refractivity contribution is 4.96. The van der Waals surface area contributed by atoms with Crippen molar-refractivity contribution in [2.75, 3.05) is 19.8 Å². The van der Waals surface area contributed by atoms with Crippen molar-refractivity contribution >= 4 is 0 Å². The van der Waals surface area contributed by atoms with Crippen LogP contribution in [-0.4, -0.2) is 141 Å². The van der Waals surface area contributed by atoms with Gasteiger partial charge in [-0.05, 0) is 4.89 Å². The van der Waals surface area contributed by atoms with Gasteiger partial charge >= 0.3 is 6.29 Å². The molecule has 4 saturated heterocycles. The van der Waals surface area contributed by atoms with E-state index in [1.165, 1.54) is 0 Å². The fraction of sp³-hybridized carbons (Fsp3) is 1.00. The molecule has 0 unspecified atom stereocenters. The van der Waals surface area contributed by atoms with Crippen LogP contribution in [-0.2, 0) is 28.4 Å². The summed E-state index contributed by atoms with van der Waals surface area (Å²) in [4.78, 5) is 5.02. The first-order chi connectivity index (χ1) is 14.2. The van der Waals surface area contributed by atoms with E-state index in [1.807, 2.05) is 0 Å². The van der Waals surface area contributed by atoms with Crippen molar-refractivity contribution in [1.82, 2.24) is 0 Å². The van der Waals surface area contributed by atoms with Gasteiger partial charge in [-0.3, -0.25) is 0 Å². The third-order valence-corrected chi connectivity index (χ3v) is 5.67. The van der Waals surface area contributed by atoms with Gasteiger partial charge in [0.2, 0.25) is 6.10 Å². The number of ether oxygens (including phenoxy) is 4. The van der Waals surface area contributed by atoms with Crippen LogP contribution in [0.3, 0.4) is 0 Å². The van der Waals surface area contributed by atoms with Crippen molar-refractivity contribution in [1.29, 1.82) is 0 Å². The molecule has 0 spiro atoms. The average Bonchev–Trinajstić information content (AvgIpc) is 3.51. The lowest BCUT2D eigenvalue weighted by molar-refractivity contribution is -0.353. The maximum Gasteiger partial charge on any atom is 0.399 e. The molecule has 4 fully saturated rings. The Kier molecular flexibility index (Phi) is 6.61. The Morgan fingerprint density at radius 2 is 1.30 bits per heavy atom. The third-order valence-electron chi connectivity index (χ3n) is 5.67. The molecule has 4 rings (SSSR count). The molecule has 174 valence electrons. The minimum atomic E-state index is -1.65. The molecular weight excluding hydrogens is 416 g/mol. The summed E-state index contributed by atoms with van der Waals surface area (Å²) in [5.74, 6) is 0. The zero-order valence-electron chi connectivity index (χ0n) is 15.7. The van der Waals surface area contributed by atoms with Gasteiger partial charge in [0, 0.05) is 0 Å². The first-order valence-corrected chi connectivity index (χ1v) is 9.55. The zero-order valence-corrected chi connectivity index (χ0v) is 15.7. The maximum absolute atomic E-state index is 10.6. The molecule has 8 N–H and O–H groups in total. The second-order valence-corrected chi connectivity index (χ2v) is 7.71. The van der Waals surface area contributed by atoms with E-state index in [-0.39, 0.29) is 13.2 Å². The lowest BCUT2D eigenvalue weighted by Crippen LogP contribution is -2.62. The highest BCUT2D eigenvalue weighted by Crippen LogP contribution is 2.43. The summed E-state index contributed by atoms with van der Waals surface area (Å²) >= 11 is 0. The molecule has 0 bridgehead atoms. The van der Waals surface area contributed by atoms with Gasteiger partial charge in [0.25, 0.3) is 0 Å². The lowest BCUT2D eigenvalue weighted by atomic mass is 9.99. The number of fused-ring (bicyclic) bond motifs is 1. The van der Waals surface area contributed by atoms with Crippen molar-refractivity contribution in [3.8, 4) is 0 Å². The van der Waals surface area contributed by atoms with E-state index in [4.69, 9.17) is 23.8 Å². The first-order valence-electron chi connectivity index (χ1n) is 9.55. The van der Waals surface area contributed by atoms with Crippen molar-refractivity contribution in [3.05, 3.63) is 0 Å². The number of aliphatic hydroxyl groups excluding tert-OH is 8. The predicted molar refractivity (Wildman–Crippen MR) is 88.1 cm³/mol. The van der Waals surface area contributed by atoms with Gasteiger partial charge < -0.3 is 59.8 Å². The van der Waals surface area contributed by atoms with Crippen LogP contribution in [0.4, 0.5) is 0 Å². The third kappa shape index (κ3) is 3.98. The normalized spacial score (nSPS) is 54.6. The molecule has 30 heavy (non-hydrogen) atoms. The number of aliphatic hydroxyl groups is 8. The lowest BCUT2D eigenvalue weighted by Gasteiger charge is -2.43. The van der Waals surface area contributed by atoms with Crippen LogP contribution in [0.1, 0.15) is 0 Å². The summed E-state index contributed by atoms with van der Waals surface area (Å²) in [6.07, 6.45) is -17.7. The van der Waals surface area contributed by atoms with Crippen LogP contribution in [0.2, 0.25) is 0 Å². The predicted octanol–water partition coefficient (Wildman–Crippen LogP) is -5.81. The summed E-state index contributed by atoms with van der Waals surface area (Å²) in [5.41, 5.74) is 0. The molecule has 0 saturated carbocycles. The monoisotopic (exact) mass is 443 g/mol. The Hall–Kier alpha value is -0.560. The van der Waals surface area contributed by atoms with E-state index in [2.05, 4.69) is 4.52 Å². The van der Waals surface area contributed by atoms with Gasteiger partial charge in [-0.1, -0.05) is 0 Å². The van der Waals surface area contributed by atoms with Gasteiger partial charge in [-0.2, -0.15) is 4.52 Å². The molecule has 4 aliphatic rings. The van der Waals surface area contributed by atoms with E-state index in [0.717, 1.165) is 0 Å². The highest BCUT2D eigenvalue weighted by atomic mass is 17.5. The summed E-state index contributed by atoms with van der Waals surface area (Å²) < 4.78 is 23.5. The quantitative estimate of drug-likeness (QED) is 0.113. The van der Waals surface area contributed by atoms with E-state index >= 15 is 0 Å². The fourth-order valence-corrected chi connectivity index (χ4v) is 3.84. The molecule has 0 aromatic carbocycles. The Morgan fingerprint density at radius 1 is 0.700 bits per heavy atom. The van der Waals surface area contributed by atoms with Crippen molar-refractivity contribution in [3.63, 3.8) is 0 Å². The summed E-state index contributed by atoms with van der Waals surface area (Å²) in [7, 11) is 0. The molecule has 0 aromatic rings. The second-order valence-electron chi connectivity index (χ2n) is 7.71. The fourth-order valence-electron chi connectivity index (χ4n) is 3.84. The SMILES string of the molecule is OC[C@@H]1[C@@H](O)[C@H](O[C@H]2OC[C@@H](O)[C@H](O[C@H]3OC[C@@H](O)[C@H](O)[C@H]3O)[C@H]2O)[C@@H](O)[C@@H]2O[O+]12. The Labute approximate surface area is 169 Å². The van der Waals surface area contributed by atoms with Crippen LogP contribution >= 0.6 is 0 Å². The number of hydrogen-bond acceptors (Lipinski definition) is 13. The van der Waals surface area contributed by atoms with Crippen LogP contribution in [0, 0.1) is 0 Å². The minimum absolute atomic E-state index is 0.337. The zero-order chi connectivity index (χ0) is 21.7. The van der Waals surface area contributed by atoms with E-state index in [1.54, 1.807) is 0 Å². The van der Waals surface area contributed by atoms with E-state index in [9.17, 15) is 40.9 Å². The molecule has 0 amide bonds. The van der Waals surface area contributed by atoms with Crippen LogP contribution in [0.15, 0.2) is 0 Å². The van der Waals surface area contributed by atoms with E-state index < -0.39 is 86.5 Å². The Balaban J connectivity index is 1.41. The first kappa shape index (κ1) is 22.6. The maximum atomic E-state index is 10.6. The molecule has 14 nitrogen and oxygen atoms in total. The largest absolute Gasteiger partial charge is 0.399 e. The Morgan fingerprint density at radius 3 is 1.97 bits per heavy atom. The molecular formula is C16H27O14+. The topological polar surface area (TPSA) is 214 Å². The molecule has 4 heterocycles. The summed E-state index contributed by atoms with van der Waals surface area (Å²) in [6, 6.07) is 0. The molecule has 14 heteroatoms. The summed E-state index contributed by atoms with van der Waals surface area (Å²) in [6.45, 7) is -1.20. The molecule has 0 radical (unpaired) electrons. The van der Waals surface area contributed by atoms with Crippen LogP contribution in [0.5, 0.6) is 0 Å². The number of rotatable bonds is 5. The van der Waals surface area contributed by atoms with Gasteiger partial charge in [0.05, 0.1) is 13.2 Å². The Bertz CT molecular complexity index is 594. The van der Waals surface area contributed by atoms with Crippen LogP contribution < -0.4 is 0 Å². The highest BCUT2D eigenvalue weighted by Gasteiger charge is 2.70. The molecule has 13 atom stereocenters. The number of hydrogen-bond donors (Lipinski definition) is 8. The van der Waals surface area contributed by atoms with Gasteiger partial charge in [0.15, 0.2) is 24.8 Å².